The predicted molar refractivity (Wildman–Crippen MR) is 113 cm³/mol. The van der Waals surface area contributed by atoms with Crippen LogP contribution < -0.4 is 5.73 Å². The van der Waals surface area contributed by atoms with E-state index in [2.05, 4.69) is 15.7 Å². The molecule has 0 radical (unpaired) electrons. The number of benzene rings is 1. The number of halogens is 1. The summed E-state index contributed by atoms with van der Waals surface area (Å²) in [6, 6.07) is 13.7. The number of hydrogen-bond donors (Lipinski definition) is 1. The Labute approximate surface area is 175 Å². The van der Waals surface area contributed by atoms with Gasteiger partial charge in [0.25, 0.3) is 5.91 Å². The van der Waals surface area contributed by atoms with E-state index in [4.69, 9.17) is 0 Å². The molecular weight excluding hydrogens is 383 g/mol. The number of carbonyl (C=O) groups is 2. The van der Waals surface area contributed by atoms with Gasteiger partial charge >= 0.3 is 0 Å². The van der Waals surface area contributed by atoms with Gasteiger partial charge in [-0.3, -0.25) is 14.8 Å². The van der Waals surface area contributed by atoms with E-state index < -0.39 is 0 Å². The lowest BCUT2D eigenvalue weighted by Gasteiger charge is -2.28. The molecular formula is C23H25FN4O2. The molecule has 1 aliphatic carbocycles. The first-order valence-corrected chi connectivity index (χ1v) is 9.57. The summed E-state index contributed by atoms with van der Waals surface area (Å²) >= 11 is 0. The molecule has 2 aromatic heterocycles. The fourth-order valence-electron chi connectivity index (χ4n) is 3.31. The van der Waals surface area contributed by atoms with Gasteiger partial charge in [0.05, 0.1) is 18.2 Å². The fourth-order valence-corrected chi connectivity index (χ4v) is 3.31. The molecule has 2 heterocycles. The van der Waals surface area contributed by atoms with Gasteiger partial charge in [-0.1, -0.05) is 18.2 Å². The van der Waals surface area contributed by atoms with Gasteiger partial charge in [-0.15, -0.1) is 0 Å². The van der Waals surface area contributed by atoms with Crippen molar-refractivity contribution in [2.24, 2.45) is 5.73 Å². The summed E-state index contributed by atoms with van der Waals surface area (Å²) in [5.41, 5.74) is 6.36. The van der Waals surface area contributed by atoms with Crippen molar-refractivity contribution in [3.8, 4) is 0 Å². The molecule has 1 atom stereocenters. The number of nitrogens with two attached hydrogens (primary N) is 1. The maximum absolute atomic E-state index is 13.9. The number of aromatic nitrogens is 2. The minimum atomic E-state index is -0.274. The first kappa shape index (κ1) is 22.8. The summed E-state index contributed by atoms with van der Waals surface area (Å²) in [5, 5.41) is 0. The van der Waals surface area contributed by atoms with Gasteiger partial charge in [0.1, 0.15) is 12.1 Å². The molecule has 1 aliphatic rings. The normalized spacial score (nSPS) is 13.6. The highest BCUT2D eigenvalue weighted by atomic mass is 19.1. The molecule has 0 bridgehead atoms. The van der Waals surface area contributed by atoms with Crippen LogP contribution in [0.4, 0.5) is 4.39 Å². The fraction of sp³-hybridized carbons (Fsp3) is 0.217. The molecule has 0 spiro atoms. The van der Waals surface area contributed by atoms with E-state index in [1.165, 1.54) is 24.2 Å². The number of carbonyl (C=O) groups excluding carboxylic acids is 2. The second kappa shape index (κ2) is 12.2. The second-order valence-electron chi connectivity index (χ2n) is 6.25. The van der Waals surface area contributed by atoms with Crippen LogP contribution in [0.5, 0.6) is 0 Å². The van der Waals surface area contributed by atoms with Crippen molar-refractivity contribution >= 4 is 12.2 Å². The van der Waals surface area contributed by atoms with E-state index in [1.807, 2.05) is 24.3 Å². The average Bonchev–Trinajstić information content (AvgIpc) is 3.26. The monoisotopic (exact) mass is 408 g/mol. The van der Waals surface area contributed by atoms with E-state index in [9.17, 15) is 14.0 Å². The molecule has 1 unspecified atom stereocenters. The van der Waals surface area contributed by atoms with Gasteiger partial charge in [0.15, 0.2) is 0 Å². The van der Waals surface area contributed by atoms with Gasteiger partial charge < -0.3 is 15.4 Å². The van der Waals surface area contributed by atoms with E-state index in [0.29, 0.717) is 30.3 Å². The number of pyridine rings is 2. The zero-order valence-corrected chi connectivity index (χ0v) is 16.8. The largest absolute Gasteiger partial charge is 0.333 e. The van der Waals surface area contributed by atoms with Crippen LogP contribution in [0.1, 0.15) is 33.9 Å². The molecule has 0 saturated carbocycles. The summed E-state index contributed by atoms with van der Waals surface area (Å²) in [6.07, 6.45) is 8.45. The molecule has 2 N–H and O–H groups in total. The molecule has 6 nitrogen and oxygen atoms in total. The highest BCUT2D eigenvalue weighted by Gasteiger charge is 2.32. The molecule has 1 aromatic carbocycles. The summed E-state index contributed by atoms with van der Waals surface area (Å²) in [6.45, 7) is -0.0195. The van der Waals surface area contributed by atoms with Crippen LogP contribution in [0.3, 0.4) is 0 Å². The van der Waals surface area contributed by atoms with Crippen LogP contribution in [0.2, 0.25) is 0 Å². The summed E-state index contributed by atoms with van der Waals surface area (Å²) < 4.78 is 13.9. The molecule has 0 saturated heterocycles. The quantitative estimate of drug-likeness (QED) is 0.670. The van der Waals surface area contributed by atoms with Crippen LogP contribution in [0, 0.1) is 5.82 Å². The van der Waals surface area contributed by atoms with Crippen LogP contribution in [-0.2, 0) is 11.2 Å². The van der Waals surface area contributed by atoms with E-state index in [0.717, 1.165) is 5.56 Å². The Bertz CT molecular complexity index is 896. The zero-order chi connectivity index (χ0) is 21.8. The van der Waals surface area contributed by atoms with Gasteiger partial charge in [-0.2, -0.15) is 0 Å². The third kappa shape index (κ3) is 5.78. The van der Waals surface area contributed by atoms with Crippen molar-refractivity contribution in [3.63, 3.8) is 0 Å². The van der Waals surface area contributed by atoms with Crippen LogP contribution >= 0.6 is 0 Å². The van der Waals surface area contributed by atoms with Crippen LogP contribution in [0.15, 0.2) is 73.3 Å². The molecule has 7 heteroatoms. The lowest BCUT2D eigenvalue weighted by atomic mass is 10.1. The van der Waals surface area contributed by atoms with E-state index >= 15 is 0 Å². The number of nitrogens with zero attached hydrogens (tertiary/aromatic N) is 3. The molecule has 1 amide bonds. The minimum Gasteiger partial charge on any atom is -0.333 e. The molecule has 30 heavy (non-hydrogen) atoms. The Hall–Kier alpha value is -3.45. The van der Waals surface area contributed by atoms with Gasteiger partial charge in [-0.05, 0) is 61.3 Å². The smallest absolute Gasteiger partial charge is 0.256 e. The minimum absolute atomic E-state index is 0.0195. The number of rotatable bonds is 4. The third-order valence-corrected chi connectivity index (χ3v) is 4.57. The van der Waals surface area contributed by atoms with E-state index in [1.54, 1.807) is 36.8 Å². The maximum Gasteiger partial charge on any atom is 0.256 e. The lowest BCUT2D eigenvalue weighted by molar-refractivity contribution is -0.108. The first-order chi connectivity index (χ1) is 14.7. The maximum atomic E-state index is 13.9. The second-order valence-corrected chi connectivity index (χ2v) is 6.25. The zero-order valence-electron chi connectivity index (χ0n) is 16.8. The van der Waals surface area contributed by atoms with Crippen molar-refractivity contribution in [2.45, 2.75) is 18.9 Å². The molecule has 3 aromatic rings. The molecule has 4 rings (SSSR count). The molecule has 156 valence electrons. The number of fused-ring (bicyclic) bond motifs is 1. The molecule has 0 fully saturated rings. The van der Waals surface area contributed by atoms with Crippen molar-refractivity contribution in [2.75, 3.05) is 13.6 Å². The number of amides is 1. The summed E-state index contributed by atoms with van der Waals surface area (Å²) in [5.74, 6) is -0.512. The number of hydrogen-bond acceptors (Lipinski definition) is 5. The highest BCUT2D eigenvalue weighted by Crippen LogP contribution is 2.37. The van der Waals surface area contributed by atoms with E-state index in [-0.39, 0.29) is 24.3 Å². The Morgan fingerprint density at radius 1 is 1.10 bits per heavy atom. The Kier molecular flexibility index (Phi) is 9.27. The summed E-state index contributed by atoms with van der Waals surface area (Å²) in [4.78, 5) is 32.9. The van der Waals surface area contributed by atoms with Gasteiger partial charge in [0, 0.05) is 24.8 Å². The van der Waals surface area contributed by atoms with Crippen molar-refractivity contribution in [3.05, 3.63) is 95.8 Å². The predicted octanol–water partition coefficient (Wildman–Crippen LogP) is 3.21. The van der Waals surface area contributed by atoms with Crippen LogP contribution in [0.25, 0.3) is 0 Å². The highest BCUT2D eigenvalue weighted by molar-refractivity contribution is 5.95. The topological polar surface area (TPSA) is 89.2 Å². The SMILES string of the molecule is CN.O=CCN(C(=O)c1cccnc1)C1CCc2c(F)cccc21.c1ccncc1. The number of aldehydes is 1. The third-order valence-electron chi connectivity index (χ3n) is 4.57. The van der Waals surface area contributed by atoms with Crippen LogP contribution in [-0.4, -0.2) is 40.7 Å². The van der Waals surface area contributed by atoms with Gasteiger partial charge in [-0.25, -0.2) is 4.39 Å². The van der Waals surface area contributed by atoms with Crippen molar-refractivity contribution in [1.82, 2.24) is 14.9 Å². The Morgan fingerprint density at radius 3 is 2.40 bits per heavy atom. The van der Waals surface area contributed by atoms with Crippen molar-refractivity contribution < 1.29 is 14.0 Å². The first-order valence-electron chi connectivity index (χ1n) is 9.57. The Morgan fingerprint density at radius 2 is 1.83 bits per heavy atom. The summed E-state index contributed by atoms with van der Waals surface area (Å²) in [7, 11) is 1.50. The Balaban J connectivity index is 0.000000340. The van der Waals surface area contributed by atoms with Crippen molar-refractivity contribution in [1.29, 1.82) is 0 Å². The molecule has 0 aliphatic heterocycles. The lowest BCUT2D eigenvalue weighted by Crippen LogP contribution is -2.35. The average molecular weight is 408 g/mol. The standard InChI is InChI=1S/C17H15FN2O2.C5H5N.CH5N/c18-15-5-1-4-14-13(15)6-7-16(14)20(9-10-21)17(22)12-3-2-8-19-11-12;1-2-4-6-5-3-1;1-2/h1-5,8,10-11,16H,6-7,9H2;1-5H;2H2,1H3. The van der Waals surface area contributed by atoms with Gasteiger partial charge in [0.2, 0.25) is 0 Å².